The summed E-state index contributed by atoms with van der Waals surface area (Å²) in [5.41, 5.74) is 3.27. The van der Waals surface area contributed by atoms with Crippen molar-refractivity contribution >= 4 is 17.8 Å². The first-order chi connectivity index (χ1) is 11.1. The number of amides is 1. The molecule has 118 valence electrons. The molecule has 1 aromatic heterocycles. The number of benzene rings is 1. The summed E-state index contributed by atoms with van der Waals surface area (Å²) in [6, 6.07) is 8.18. The summed E-state index contributed by atoms with van der Waals surface area (Å²) in [5, 5.41) is 7.43. The van der Waals surface area contributed by atoms with Gasteiger partial charge in [-0.25, -0.2) is 4.68 Å². The van der Waals surface area contributed by atoms with Crippen LogP contribution in [0.3, 0.4) is 0 Å². The fraction of sp³-hybridized carbons (Fsp3) is 0.333. The van der Waals surface area contributed by atoms with E-state index in [1.54, 1.807) is 0 Å². The van der Waals surface area contributed by atoms with Crippen molar-refractivity contribution in [3.05, 3.63) is 47.2 Å². The first kappa shape index (κ1) is 14.1. The van der Waals surface area contributed by atoms with Crippen LogP contribution in [-0.2, 0) is 4.79 Å². The molecule has 5 nitrogen and oxygen atoms in total. The van der Waals surface area contributed by atoms with Crippen LogP contribution in [0.4, 0.5) is 5.82 Å². The van der Waals surface area contributed by atoms with Gasteiger partial charge in [0, 0.05) is 29.5 Å². The third-order valence-electron chi connectivity index (χ3n) is 4.44. The Morgan fingerprint density at radius 2 is 2.17 bits per heavy atom. The van der Waals surface area contributed by atoms with Gasteiger partial charge in [0.1, 0.15) is 18.2 Å². The molecule has 2 aromatic rings. The van der Waals surface area contributed by atoms with E-state index in [0.717, 1.165) is 28.3 Å². The Morgan fingerprint density at radius 1 is 1.35 bits per heavy atom. The lowest BCUT2D eigenvalue weighted by Crippen LogP contribution is -2.27. The van der Waals surface area contributed by atoms with Gasteiger partial charge in [0.2, 0.25) is 5.91 Å². The molecular weight excluding hydrogens is 290 g/mol. The minimum absolute atomic E-state index is 0.0274. The Balaban J connectivity index is 1.77. The molecule has 0 radical (unpaired) electrons. The van der Waals surface area contributed by atoms with Gasteiger partial charge in [0.05, 0.1) is 6.20 Å². The lowest BCUT2D eigenvalue weighted by Gasteiger charge is -2.28. The van der Waals surface area contributed by atoms with Crippen molar-refractivity contribution in [2.24, 2.45) is 0 Å². The molecule has 0 fully saturated rings. The van der Waals surface area contributed by atoms with Gasteiger partial charge in [-0.1, -0.05) is 18.2 Å². The average Bonchev–Trinajstić information content (AvgIpc) is 2.97. The van der Waals surface area contributed by atoms with E-state index in [2.05, 4.69) is 30.3 Å². The van der Waals surface area contributed by atoms with E-state index < -0.39 is 0 Å². The topological polar surface area (TPSA) is 56.2 Å². The second-order valence-electron chi connectivity index (χ2n) is 6.34. The second-order valence-corrected chi connectivity index (χ2v) is 6.34. The van der Waals surface area contributed by atoms with E-state index >= 15 is 0 Å². The molecule has 23 heavy (non-hydrogen) atoms. The summed E-state index contributed by atoms with van der Waals surface area (Å²) in [6.07, 6.45) is 4.47. The zero-order valence-electron chi connectivity index (χ0n) is 13.2. The predicted octanol–water partition coefficient (Wildman–Crippen LogP) is 3.37. The zero-order chi connectivity index (χ0) is 16.0. The molecular formula is C18H19N3O2. The number of rotatable bonds is 2. The van der Waals surface area contributed by atoms with Crippen molar-refractivity contribution in [2.45, 2.75) is 32.2 Å². The van der Waals surface area contributed by atoms with Gasteiger partial charge in [-0.3, -0.25) is 4.79 Å². The quantitative estimate of drug-likeness (QED) is 0.925. The minimum atomic E-state index is 0.0274. The molecule has 1 aromatic carbocycles. The maximum Gasteiger partial charge on any atom is 0.226 e. The van der Waals surface area contributed by atoms with Crippen LogP contribution in [0.1, 0.15) is 43.4 Å². The van der Waals surface area contributed by atoms with Gasteiger partial charge < -0.3 is 10.1 Å². The van der Waals surface area contributed by atoms with Crippen LogP contribution in [0, 0.1) is 0 Å². The highest BCUT2D eigenvalue weighted by Crippen LogP contribution is 2.41. The summed E-state index contributed by atoms with van der Waals surface area (Å²) in [5.74, 6) is 1.78. The van der Waals surface area contributed by atoms with Gasteiger partial charge in [-0.05, 0) is 31.6 Å². The Bertz CT molecular complexity index is 804. The number of ether oxygens (including phenoxy) is 1. The first-order valence-corrected chi connectivity index (χ1v) is 7.93. The normalized spacial score (nSPS) is 19.5. The molecule has 0 bridgehead atoms. The van der Waals surface area contributed by atoms with Crippen molar-refractivity contribution in [3.63, 3.8) is 0 Å². The van der Waals surface area contributed by atoms with Gasteiger partial charge in [0.15, 0.2) is 0 Å². The maximum absolute atomic E-state index is 12.2. The number of hydrogen-bond donors (Lipinski definition) is 1. The van der Waals surface area contributed by atoms with Crippen molar-refractivity contribution < 1.29 is 9.53 Å². The lowest BCUT2D eigenvalue weighted by molar-refractivity contribution is -0.116. The molecule has 3 heterocycles. The molecule has 0 spiro atoms. The molecule has 1 N–H and O–H groups in total. The Morgan fingerprint density at radius 3 is 3.00 bits per heavy atom. The minimum Gasteiger partial charge on any atom is -0.489 e. The monoisotopic (exact) mass is 309 g/mol. The van der Waals surface area contributed by atoms with E-state index in [0.29, 0.717) is 13.0 Å². The van der Waals surface area contributed by atoms with Crippen LogP contribution in [-0.4, -0.2) is 22.3 Å². The number of hydrogen-bond acceptors (Lipinski definition) is 3. The zero-order valence-corrected chi connectivity index (χ0v) is 13.2. The van der Waals surface area contributed by atoms with Crippen molar-refractivity contribution in [1.29, 1.82) is 0 Å². The van der Waals surface area contributed by atoms with E-state index in [1.807, 2.05) is 35.1 Å². The Hall–Kier alpha value is -2.56. The average molecular weight is 309 g/mol. The van der Waals surface area contributed by atoms with Gasteiger partial charge in [-0.15, -0.1) is 0 Å². The number of aromatic nitrogens is 2. The Labute approximate surface area is 135 Å². The number of nitrogens with zero attached hydrogens (tertiary/aromatic N) is 2. The largest absolute Gasteiger partial charge is 0.489 e. The van der Waals surface area contributed by atoms with Gasteiger partial charge in [0.25, 0.3) is 0 Å². The van der Waals surface area contributed by atoms with Gasteiger partial charge >= 0.3 is 0 Å². The number of carbonyl (C=O) groups is 1. The third-order valence-corrected chi connectivity index (χ3v) is 4.44. The summed E-state index contributed by atoms with van der Waals surface area (Å²) >= 11 is 0. The summed E-state index contributed by atoms with van der Waals surface area (Å²) in [4.78, 5) is 12.2. The molecule has 1 unspecified atom stereocenters. The number of fused-ring (bicyclic) bond motifs is 2. The third kappa shape index (κ3) is 2.32. The fourth-order valence-electron chi connectivity index (χ4n) is 3.30. The van der Waals surface area contributed by atoms with Crippen LogP contribution in [0.25, 0.3) is 6.08 Å². The van der Waals surface area contributed by atoms with Crippen molar-refractivity contribution in [2.75, 3.05) is 11.9 Å². The molecule has 0 saturated heterocycles. The first-order valence-electron chi connectivity index (χ1n) is 7.93. The SMILES string of the molecule is CC(C)n1ncc2c1NC(=O)CC2C1=Cc2ccccc2OC1. The number of anilines is 1. The summed E-state index contributed by atoms with van der Waals surface area (Å²) < 4.78 is 7.74. The van der Waals surface area contributed by atoms with E-state index in [9.17, 15) is 4.79 Å². The maximum atomic E-state index is 12.2. The van der Waals surface area contributed by atoms with Crippen LogP contribution in [0.2, 0.25) is 0 Å². The molecule has 1 atom stereocenters. The van der Waals surface area contributed by atoms with Gasteiger partial charge in [-0.2, -0.15) is 5.10 Å². The van der Waals surface area contributed by atoms with E-state index in [-0.39, 0.29) is 17.9 Å². The molecule has 4 rings (SSSR count). The number of nitrogens with one attached hydrogen (secondary N) is 1. The second kappa shape index (κ2) is 5.26. The fourth-order valence-corrected chi connectivity index (χ4v) is 3.30. The molecule has 1 amide bonds. The smallest absolute Gasteiger partial charge is 0.226 e. The predicted molar refractivity (Wildman–Crippen MR) is 88.5 cm³/mol. The van der Waals surface area contributed by atoms with Crippen LogP contribution in [0.15, 0.2) is 36.0 Å². The van der Waals surface area contributed by atoms with Crippen LogP contribution >= 0.6 is 0 Å². The highest BCUT2D eigenvalue weighted by Gasteiger charge is 2.32. The molecule has 2 aliphatic heterocycles. The van der Waals surface area contributed by atoms with Crippen molar-refractivity contribution in [1.82, 2.24) is 9.78 Å². The van der Waals surface area contributed by atoms with Crippen LogP contribution in [0.5, 0.6) is 5.75 Å². The standard InChI is InChI=1S/C18H19N3O2/c1-11(2)21-18-15(9-19-21)14(8-17(22)20-18)13-7-12-5-3-4-6-16(12)23-10-13/h3-7,9,11,14H,8,10H2,1-2H3,(H,20,22). The highest BCUT2D eigenvalue weighted by molar-refractivity contribution is 5.94. The lowest BCUT2D eigenvalue weighted by atomic mass is 9.85. The Kier molecular flexibility index (Phi) is 3.22. The molecule has 0 saturated carbocycles. The van der Waals surface area contributed by atoms with E-state index in [1.165, 1.54) is 0 Å². The van der Waals surface area contributed by atoms with Crippen LogP contribution < -0.4 is 10.1 Å². The molecule has 2 aliphatic rings. The summed E-state index contributed by atoms with van der Waals surface area (Å²) in [6.45, 7) is 4.63. The highest BCUT2D eigenvalue weighted by atomic mass is 16.5. The van der Waals surface area contributed by atoms with E-state index in [4.69, 9.17) is 4.74 Å². The number of carbonyl (C=O) groups excluding carboxylic acids is 1. The number of para-hydroxylation sites is 1. The summed E-state index contributed by atoms with van der Waals surface area (Å²) in [7, 11) is 0. The molecule has 0 aliphatic carbocycles. The van der Waals surface area contributed by atoms with Crippen molar-refractivity contribution in [3.8, 4) is 5.75 Å². The molecule has 5 heteroatoms.